The van der Waals surface area contributed by atoms with Crippen molar-refractivity contribution in [2.75, 3.05) is 46.8 Å². The van der Waals surface area contributed by atoms with Gasteiger partial charge in [-0.05, 0) is 94.0 Å². The predicted molar refractivity (Wildman–Crippen MR) is 218 cm³/mol. The topological polar surface area (TPSA) is 217 Å². The summed E-state index contributed by atoms with van der Waals surface area (Å²) in [5, 5.41) is 20.9. The van der Waals surface area contributed by atoms with Gasteiger partial charge in [0.25, 0.3) is 5.91 Å². The lowest BCUT2D eigenvalue weighted by atomic mass is 10.1. The fourth-order valence-corrected chi connectivity index (χ4v) is 5.98. The molecule has 2 aliphatic rings. The maximum absolute atomic E-state index is 13.1. The molecule has 16 heteroatoms. The normalized spacial score (nSPS) is 13.6. The van der Waals surface area contributed by atoms with Crippen LogP contribution in [0.15, 0.2) is 36.7 Å². The summed E-state index contributed by atoms with van der Waals surface area (Å²) in [5.74, 6) is -3.44. The van der Waals surface area contributed by atoms with Gasteiger partial charge in [-0.15, -0.1) is 0 Å². The molecule has 2 unspecified atom stereocenters. The van der Waals surface area contributed by atoms with Gasteiger partial charge in [0, 0.05) is 24.8 Å². The number of carbonyl (C=O) groups is 3. The van der Waals surface area contributed by atoms with E-state index in [9.17, 15) is 19.5 Å². The maximum Gasteiger partial charge on any atom is 0.326 e. The summed E-state index contributed by atoms with van der Waals surface area (Å²) in [4.78, 5) is 59.2. The van der Waals surface area contributed by atoms with Crippen molar-refractivity contribution in [2.24, 2.45) is 0 Å². The van der Waals surface area contributed by atoms with Crippen LogP contribution in [0.2, 0.25) is 0 Å². The number of hydrogen-bond acceptors (Lipinski definition) is 12. The molecule has 308 valence electrons. The molecule has 2 aromatic heterocycles. The number of H-pyrrole nitrogens is 1. The number of aryl methyl sites for hydroxylation is 2. The van der Waals surface area contributed by atoms with Gasteiger partial charge in [-0.3, -0.25) is 19.6 Å². The first-order valence-electron chi connectivity index (χ1n) is 18.8. The number of fused-ring (bicyclic) bond motifs is 7. The third-order valence-corrected chi connectivity index (χ3v) is 9.99. The van der Waals surface area contributed by atoms with Crippen LogP contribution in [0.3, 0.4) is 0 Å². The zero-order chi connectivity index (χ0) is 42.1. The number of aromatic nitrogens is 5. The van der Waals surface area contributed by atoms with Crippen LogP contribution in [0.1, 0.15) is 74.9 Å². The van der Waals surface area contributed by atoms with E-state index in [-0.39, 0.29) is 24.7 Å². The number of aliphatic carboxylic acids is 2. The Balaban J connectivity index is 1.64. The summed E-state index contributed by atoms with van der Waals surface area (Å²) >= 11 is 0. The molecule has 1 aromatic carbocycles. The SMILES string of the molecule is COCCOCCOCCOc1cc2ncc3[nH]c(cc4nc(cc5nc(cnc2cc1OC(C)C(=O)NC(CC(=O)O)C(=O)O)C(C)=C5C)C(C)=C4C)c(C)c3C. The van der Waals surface area contributed by atoms with E-state index in [0.717, 1.165) is 61.5 Å². The van der Waals surface area contributed by atoms with Gasteiger partial charge in [-0.2, -0.15) is 0 Å². The summed E-state index contributed by atoms with van der Waals surface area (Å²) in [5.41, 5.74) is 11.6. The molecule has 2 atom stereocenters. The highest BCUT2D eigenvalue weighted by molar-refractivity contribution is 5.94. The van der Waals surface area contributed by atoms with Crippen LogP contribution in [-0.2, 0) is 28.6 Å². The molecular formula is C42H50N6O10. The van der Waals surface area contributed by atoms with Crippen LogP contribution in [-0.4, -0.2) is 112 Å². The molecule has 1 amide bonds. The number of nitrogens with zero attached hydrogens (tertiary/aromatic N) is 4. The first kappa shape index (κ1) is 43.2. The van der Waals surface area contributed by atoms with E-state index in [0.29, 0.717) is 43.2 Å². The highest BCUT2D eigenvalue weighted by Gasteiger charge is 2.27. The minimum Gasteiger partial charge on any atom is -0.487 e. The maximum atomic E-state index is 13.1. The van der Waals surface area contributed by atoms with E-state index in [1.165, 1.54) is 6.92 Å². The van der Waals surface area contributed by atoms with E-state index < -0.39 is 36.4 Å². The number of carboxylic acids is 2. The Morgan fingerprint density at radius 2 is 1.22 bits per heavy atom. The Hall–Kier alpha value is -5.97. The molecule has 4 heterocycles. The van der Waals surface area contributed by atoms with Gasteiger partial charge < -0.3 is 44.2 Å². The quantitative estimate of drug-likeness (QED) is 0.120. The number of carbonyl (C=O) groups excluding carboxylic acids is 1. The van der Waals surface area contributed by atoms with E-state index in [2.05, 4.69) is 24.1 Å². The first-order chi connectivity index (χ1) is 27.7. The summed E-state index contributed by atoms with van der Waals surface area (Å²) in [6.07, 6.45) is 1.24. The van der Waals surface area contributed by atoms with Gasteiger partial charge in [0.1, 0.15) is 12.6 Å². The van der Waals surface area contributed by atoms with Crippen LogP contribution >= 0.6 is 0 Å². The zero-order valence-electron chi connectivity index (χ0n) is 34.0. The predicted octanol–water partition coefficient (Wildman–Crippen LogP) is 5.73. The summed E-state index contributed by atoms with van der Waals surface area (Å²) in [7, 11) is 1.59. The summed E-state index contributed by atoms with van der Waals surface area (Å²) < 4.78 is 28.3. The molecule has 0 fully saturated rings. The van der Waals surface area contributed by atoms with Crippen LogP contribution < -0.4 is 14.8 Å². The summed E-state index contributed by atoms with van der Waals surface area (Å²) in [6.45, 7) is 15.4. The molecule has 0 saturated carbocycles. The van der Waals surface area contributed by atoms with Gasteiger partial charge in [-0.1, -0.05) is 0 Å². The standard InChI is InChI=1S/C42H50N6O10/c1-22-23(2)30-16-32-25(4)27(6)37(47-32)21-44-34-18-39(58-28(7)41(51)48-35(42(52)53)19-40(49)50)38(57-14-13-56-12-11-55-10-9-54-8)17-33(34)43-20-36-26(5)24(3)31(46-36)15-29(22)45-30/h15-18,20-21,28,35,46H,9-14,19H2,1-8H3,(H,48,51)(H,49,50)(H,52,53). The van der Waals surface area contributed by atoms with Crippen molar-refractivity contribution in [3.8, 4) is 11.5 Å². The van der Waals surface area contributed by atoms with E-state index in [1.54, 1.807) is 31.6 Å². The number of methoxy groups -OCH3 is 1. The van der Waals surface area contributed by atoms with Gasteiger partial charge in [-0.25, -0.2) is 14.8 Å². The lowest BCUT2D eigenvalue weighted by Gasteiger charge is -2.20. The first-order valence-corrected chi connectivity index (χ1v) is 18.8. The molecule has 16 nitrogen and oxygen atoms in total. The number of hydrogen-bond donors (Lipinski definition) is 4. The van der Waals surface area contributed by atoms with Crippen LogP contribution in [0, 0.1) is 13.8 Å². The molecule has 5 rings (SSSR count). The lowest BCUT2D eigenvalue weighted by molar-refractivity contribution is -0.147. The highest BCUT2D eigenvalue weighted by Crippen LogP contribution is 2.35. The number of carboxylic acid groups (broad SMARTS) is 2. The fraction of sp³-hybridized carbons (Fsp3) is 0.405. The van der Waals surface area contributed by atoms with E-state index in [4.69, 9.17) is 48.7 Å². The molecule has 6 bridgehead atoms. The largest absolute Gasteiger partial charge is 0.487 e. The van der Waals surface area contributed by atoms with Gasteiger partial charge in [0.05, 0.1) is 91.2 Å². The Morgan fingerprint density at radius 3 is 1.84 bits per heavy atom. The number of ether oxygens (including phenoxy) is 5. The van der Waals surface area contributed by atoms with Crippen molar-refractivity contribution in [2.45, 2.75) is 67.0 Å². The minimum atomic E-state index is -1.67. The van der Waals surface area contributed by atoms with Crippen LogP contribution in [0.25, 0.3) is 44.4 Å². The zero-order valence-corrected chi connectivity index (χ0v) is 34.0. The van der Waals surface area contributed by atoms with Gasteiger partial charge >= 0.3 is 11.9 Å². The number of nitrogens with one attached hydrogen (secondary N) is 2. The summed E-state index contributed by atoms with van der Waals surface area (Å²) in [6, 6.07) is 5.55. The van der Waals surface area contributed by atoms with Crippen molar-refractivity contribution >= 4 is 62.2 Å². The second kappa shape index (κ2) is 19.5. The molecule has 2 aliphatic heterocycles. The minimum absolute atomic E-state index is 0.0833. The van der Waals surface area contributed by atoms with Crippen molar-refractivity contribution in [3.63, 3.8) is 0 Å². The number of allylic oxidation sites excluding steroid dienone is 4. The Kier molecular flexibility index (Phi) is 14.5. The second-order valence-electron chi connectivity index (χ2n) is 13.9. The number of amides is 1. The Bertz CT molecular complexity index is 2330. The monoisotopic (exact) mass is 798 g/mol. The van der Waals surface area contributed by atoms with Crippen molar-refractivity contribution in [1.29, 1.82) is 0 Å². The molecule has 3 aromatic rings. The van der Waals surface area contributed by atoms with E-state index in [1.807, 2.05) is 39.8 Å². The van der Waals surface area contributed by atoms with Crippen molar-refractivity contribution in [3.05, 3.63) is 70.6 Å². The molecule has 0 saturated heterocycles. The number of aromatic amines is 1. The number of benzene rings is 1. The fourth-order valence-electron chi connectivity index (χ4n) is 5.98. The second-order valence-corrected chi connectivity index (χ2v) is 13.9. The third-order valence-electron chi connectivity index (χ3n) is 9.99. The van der Waals surface area contributed by atoms with Gasteiger partial charge in [0.15, 0.2) is 17.6 Å². The van der Waals surface area contributed by atoms with Crippen LogP contribution in [0.5, 0.6) is 11.5 Å². The molecular weight excluding hydrogens is 748 g/mol. The average Bonchev–Trinajstić information content (AvgIpc) is 3.72. The number of rotatable bonds is 17. The van der Waals surface area contributed by atoms with Crippen molar-refractivity contribution in [1.82, 2.24) is 30.2 Å². The lowest BCUT2D eigenvalue weighted by Crippen LogP contribution is -2.47. The van der Waals surface area contributed by atoms with Crippen molar-refractivity contribution < 1.29 is 48.3 Å². The molecule has 4 N–H and O–H groups in total. The molecule has 0 radical (unpaired) electrons. The molecule has 58 heavy (non-hydrogen) atoms. The Labute approximate surface area is 336 Å². The molecule has 0 aliphatic carbocycles. The highest BCUT2D eigenvalue weighted by atomic mass is 16.6. The Morgan fingerprint density at radius 1 is 0.690 bits per heavy atom. The average molecular weight is 799 g/mol. The van der Waals surface area contributed by atoms with Crippen LogP contribution in [0.4, 0.5) is 0 Å². The van der Waals surface area contributed by atoms with Gasteiger partial charge in [0.2, 0.25) is 0 Å². The molecule has 0 spiro atoms. The smallest absolute Gasteiger partial charge is 0.326 e. The third kappa shape index (κ3) is 10.5. The van der Waals surface area contributed by atoms with E-state index >= 15 is 0 Å².